The lowest BCUT2D eigenvalue weighted by molar-refractivity contribution is 0.0730. The van der Waals surface area contributed by atoms with Crippen LogP contribution in [0.2, 0.25) is 0 Å². The van der Waals surface area contributed by atoms with E-state index >= 15 is 0 Å². The molecule has 0 aromatic heterocycles. The Balaban J connectivity index is 2.33. The van der Waals surface area contributed by atoms with Crippen LogP contribution in [0.4, 0.5) is 0 Å². The standard InChI is InChI=1S/C11H24N4O3S/c1-10(2)9-14-11(12)13-3-8-19(16,17)15-4-6-18-7-5-15/h10H,3-9H2,1-2H3,(H3,12,13,14). The number of nitrogens with one attached hydrogen (secondary N) is 1. The number of ether oxygens (including phenoxy) is 1. The van der Waals surface area contributed by atoms with Crippen LogP contribution in [0.5, 0.6) is 0 Å². The van der Waals surface area contributed by atoms with Crippen molar-refractivity contribution in [2.24, 2.45) is 16.6 Å². The van der Waals surface area contributed by atoms with Crippen molar-refractivity contribution >= 4 is 16.0 Å². The van der Waals surface area contributed by atoms with Crippen LogP contribution in [0, 0.1) is 5.92 Å². The van der Waals surface area contributed by atoms with Gasteiger partial charge >= 0.3 is 0 Å². The van der Waals surface area contributed by atoms with Gasteiger partial charge in [-0.1, -0.05) is 13.8 Å². The third kappa shape index (κ3) is 6.22. The van der Waals surface area contributed by atoms with Gasteiger partial charge in [0.05, 0.1) is 19.0 Å². The van der Waals surface area contributed by atoms with Crippen molar-refractivity contribution in [2.75, 3.05) is 45.1 Å². The lowest BCUT2D eigenvalue weighted by atomic mass is 10.2. The average Bonchev–Trinajstić information content (AvgIpc) is 2.37. The van der Waals surface area contributed by atoms with E-state index in [4.69, 9.17) is 10.5 Å². The van der Waals surface area contributed by atoms with Gasteiger partial charge in [-0.05, 0) is 5.92 Å². The quantitative estimate of drug-likeness (QED) is 0.494. The molecule has 1 aliphatic rings. The van der Waals surface area contributed by atoms with Crippen molar-refractivity contribution < 1.29 is 13.2 Å². The Morgan fingerprint density at radius 3 is 2.63 bits per heavy atom. The van der Waals surface area contributed by atoms with E-state index in [0.29, 0.717) is 44.7 Å². The number of hydrogen-bond acceptors (Lipinski definition) is 4. The maximum atomic E-state index is 12.0. The largest absolute Gasteiger partial charge is 0.379 e. The molecule has 19 heavy (non-hydrogen) atoms. The van der Waals surface area contributed by atoms with Gasteiger partial charge in [-0.25, -0.2) is 8.42 Å². The van der Waals surface area contributed by atoms with Crippen LogP contribution in [-0.4, -0.2) is 63.8 Å². The van der Waals surface area contributed by atoms with Crippen molar-refractivity contribution in [1.29, 1.82) is 0 Å². The van der Waals surface area contributed by atoms with Gasteiger partial charge in [0.15, 0.2) is 5.96 Å². The summed E-state index contributed by atoms with van der Waals surface area (Å²) in [6.45, 7) is 6.77. The van der Waals surface area contributed by atoms with Gasteiger partial charge in [-0.3, -0.25) is 4.99 Å². The second-order valence-corrected chi connectivity index (χ2v) is 6.96. The summed E-state index contributed by atoms with van der Waals surface area (Å²) >= 11 is 0. The van der Waals surface area contributed by atoms with Gasteiger partial charge in [0.25, 0.3) is 0 Å². The number of hydrogen-bond donors (Lipinski definition) is 2. The normalized spacial score (nSPS) is 18.8. The number of rotatable bonds is 6. The van der Waals surface area contributed by atoms with Gasteiger partial charge in [0.2, 0.25) is 10.0 Å². The first-order chi connectivity index (χ1) is 8.92. The van der Waals surface area contributed by atoms with E-state index in [0.717, 1.165) is 0 Å². The third-order valence-corrected chi connectivity index (χ3v) is 4.53. The van der Waals surface area contributed by atoms with Crippen molar-refractivity contribution in [1.82, 2.24) is 9.62 Å². The second kappa shape index (κ2) is 7.66. The Kier molecular flexibility index (Phi) is 6.53. The molecule has 7 nitrogen and oxygen atoms in total. The lowest BCUT2D eigenvalue weighted by Crippen LogP contribution is -2.44. The topological polar surface area (TPSA) is 97.0 Å². The van der Waals surface area contributed by atoms with E-state index in [1.807, 2.05) is 13.8 Å². The van der Waals surface area contributed by atoms with Gasteiger partial charge in [0, 0.05) is 26.2 Å². The lowest BCUT2D eigenvalue weighted by Gasteiger charge is -2.26. The van der Waals surface area contributed by atoms with Crippen molar-refractivity contribution in [3.8, 4) is 0 Å². The van der Waals surface area contributed by atoms with Crippen LogP contribution in [0.25, 0.3) is 0 Å². The summed E-state index contributed by atoms with van der Waals surface area (Å²) in [5, 5.41) is 2.82. The molecule has 1 saturated heterocycles. The Morgan fingerprint density at radius 2 is 2.05 bits per heavy atom. The molecule has 112 valence electrons. The molecule has 0 bridgehead atoms. The van der Waals surface area contributed by atoms with E-state index in [9.17, 15) is 8.42 Å². The van der Waals surface area contributed by atoms with E-state index in [1.54, 1.807) is 0 Å². The first-order valence-corrected chi connectivity index (χ1v) is 8.12. The van der Waals surface area contributed by atoms with Gasteiger partial charge in [-0.15, -0.1) is 0 Å². The minimum atomic E-state index is -3.23. The number of aliphatic imine (C=N–C) groups is 1. The molecule has 0 radical (unpaired) electrons. The summed E-state index contributed by atoms with van der Waals surface area (Å²) in [5.74, 6) is 0.744. The van der Waals surface area contributed by atoms with Crippen molar-refractivity contribution in [2.45, 2.75) is 13.8 Å². The molecule has 0 spiro atoms. The van der Waals surface area contributed by atoms with Gasteiger partial charge in [0.1, 0.15) is 0 Å². The molecule has 3 N–H and O–H groups in total. The molecular formula is C11H24N4O3S. The Labute approximate surface area is 115 Å². The van der Waals surface area contributed by atoms with E-state index in [2.05, 4.69) is 10.3 Å². The highest BCUT2D eigenvalue weighted by atomic mass is 32.2. The number of morpholine rings is 1. The predicted octanol–water partition coefficient (Wildman–Crippen LogP) is -0.791. The molecule has 1 aliphatic heterocycles. The van der Waals surface area contributed by atoms with Crippen molar-refractivity contribution in [3.63, 3.8) is 0 Å². The summed E-state index contributed by atoms with van der Waals surface area (Å²) in [6.07, 6.45) is 0. The Hall–Kier alpha value is -0.860. The monoisotopic (exact) mass is 292 g/mol. The molecule has 0 saturated carbocycles. The summed E-state index contributed by atoms with van der Waals surface area (Å²) in [7, 11) is -3.23. The summed E-state index contributed by atoms with van der Waals surface area (Å²) < 4.78 is 30.6. The number of sulfonamides is 1. The number of guanidine groups is 1. The van der Waals surface area contributed by atoms with Gasteiger partial charge < -0.3 is 15.8 Å². The van der Waals surface area contributed by atoms with Crippen LogP contribution in [0.3, 0.4) is 0 Å². The highest BCUT2D eigenvalue weighted by Gasteiger charge is 2.23. The molecule has 0 amide bonds. The first-order valence-electron chi connectivity index (χ1n) is 6.51. The van der Waals surface area contributed by atoms with Crippen molar-refractivity contribution in [3.05, 3.63) is 0 Å². The predicted molar refractivity (Wildman–Crippen MR) is 75.5 cm³/mol. The van der Waals surface area contributed by atoms with Crippen LogP contribution < -0.4 is 11.1 Å². The summed E-state index contributed by atoms with van der Waals surface area (Å²) in [5.41, 5.74) is 5.64. The fourth-order valence-corrected chi connectivity index (χ4v) is 2.92. The highest BCUT2D eigenvalue weighted by Crippen LogP contribution is 2.04. The molecule has 1 fully saturated rings. The maximum Gasteiger partial charge on any atom is 0.215 e. The van der Waals surface area contributed by atoms with E-state index < -0.39 is 10.0 Å². The maximum absolute atomic E-state index is 12.0. The zero-order valence-electron chi connectivity index (χ0n) is 11.6. The Bertz CT molecular complexity index is 389. The average molecular weight is 292 g/mol. The van der Waals surface area contributed by atoms with Crippen LogP contribution in [0.1, 0.15) is 13.8 Å². The smallest absolute Gasteiger partial charge is 0.215 e. The molecule has 0 aromatic rings. The number of nitrogens with zero attached hydrogens (tertiary/aromatic N) is 2. The fourth-order valence-electron chi connectivity index (χ4n) is 1.60. The highest BCUT2D eigenvalue weighted by molar-refractivity contribution is 7.89. The zero-order valence-corrected chi connectivity index (χ0v) is 12.4. The zero-order chi connectivity index (χ0) is 14.3. The molecule has 8 heteroatoms. The molecule has 0 atom stereocenters. The summed E-state index contributed by atoms with van der Waals surface area (Å²) in [4.78, 5) is 4.11. The molecular weight excluding hydrogens is 268 g/mol. The second-order valence-electron chi connectivity index (χ2n) is 4.87. The molecule has 1 rings (SSSR count). The molecule has 1 heterocycles. The van der Waals surface area contributed by atoms with Crippen LogP contribution >= 0.6 is 0 Å². The SMILES string of the molecule is CC(C)CN=C(N)NCCS(=O)(=O)N1CCOCC1. The molecule has 0 aliphatic carbocycles. The van der Waals surface area contributed by atoms with Crippen LogP contribution in [0.15, 0.2) is 4.99 Å². The summed E-state index contributed by atoms with van der Waals surface area (Å²) in [6, 6.07) is 0. The minimum Gasteiger partial charge on any atom is -0.379 e. The number of nitrogens with two attached hydrogens (primary N) is 1. The van der Waals surface area contributed by atoms with Crippen LogP contribution in [-0.2, 0) is 14.8 Å². The molecule has 0 aromatic carbocycles. The van der Waals surface area contributed by atoms with Gasteiger partial charge in [-0.2, -0.15) is 4.31 Å². The molecule has 0 unspecified atom stereocenters. The van der Waals surface area contributed by atoms with E-state index in [-0.39, 0.29) is 12.3 Å². The Morgan fingerprint density at radius 1 is 1.42 bits per heavy atom. The van der Waals surface area contributed by atoms with E-state index in [1.165, 1.54) is 4.31 Å². The fraction of sp³-hybridized carbons (Fsp3) is 0.909. The third-order valence-electron chi connectivity index (χ3n) is 2.66. The minimum absolute atomic E-state index is 0.0187. The first kappa shape index (κ1) is 16.2.